The monoisotopic (exact) mass is 200 g/mol. The van der Waals surface area contributed by atoms with Gasteiger partial charge in [0.15, 0.2) is 11.6 Å². The number of hydrogen-bond donors (Lipinski definition) is 2. The first-order chi connectivity index (χ1) is 6.50. The fraction of sp³-hybridized carbons (Fsp3) is 0.222. The van der Waals surface area contributed by atoms with E-state index in [1.165, 1.54) is 6.07 Å². The van der Waals surface area contributed by atoms with Gasteiger partial charge in [-0.25, -0.2) is 8.78 Å². The van der Waals surface area contributed by atoms with Gasteiger partial charge >= 0.3 is 0 Å². The van der Waals surface area contributed by atoms with Crippen LogP contribution in [-0.2, 0) is 11.2 Å². The number of carbonyl (C=O) groups excluding carboxylic acids is 1. The van der Waals surface area contributed by atoms with Crippen molar-refractivity contribution in [3.05, 3.63) is 35.4 Å². The minimum atomic E-state index is -0.959. The van der Waals surface area contributed by atoms with E-state index >= 15 is 0 Å². The standard InChI is InChI=1S/C9H10F2N2O/c10-6-2-1-5(3-7(6)11)4-8(12)9(13)14/h1-3,8H,4,12H2,(H2,13,14). The highest BCUT2D eigenvalue weighted by Gasteiger charge is 2.11. The molecule has 1 aromatic rings. The molecule has 0 radical (unpaired) electrons. The second-order valence-electron chi connectivity index (χ2n) is 2.96. The van der Waals surface area contributed by atoms with Gasteiger partial charge in [-0.1, -0.05) is 6.07 Å². The zero-order valence-electron chi connectivity index (χ0n) is 7.34. The van der Waals surface area contributed by atoms with Crippen LogP contribution in [0.25, 0.3) is 0 Å². The van der Waals surface area contributed by atoms with Crippen LogP contribution < -0.4 is 11.5 Å². The van der Waals surface area contributed by atoms with Crippen molar-refractivity contribution in [2.24, 2.45) is 11.5 Å². The largest absolute Gasteiger partial charge is 0.368 e. The summed E-state index contributed by atoms with van der Waals surface area (Å²) in [5.74, 6) is -2.56. The molecule has 0 spiro atoms. The maximum absolute atomic E-state index is 12.7. The molecule has 1 amide bonds. The molecule has 0 aliphatic heterocycles. The quantitative estimate of drug-likeness (QED) is 0.737. The van der Waals surface area contributed by atoms with Gasteiger partial charge in [-0.3, -0.25) is 4.79 Å². The number of rotatable bonds is 3. The minimum Gasteiger partial charge on any atom is -0.368 e. The minimum absolute atomic E-state index is 0.104. The average molecular weight is 200 g/mol. The summed E-state index contributed by atoms with van der Waals surface area (Å²) in [6.45, 7) is 0. The number of primary amides is 1. The van der Waals surface area contributed by atoms with Crippen LogP contribution in [0.3, 0.4) is 0 Å². The molecule has 0 heterocycles. The van der Waals surface area contributed by atoms with Gasteiger partial charge in [-0.05, 0) is 24.1 Å². The molecule has 5 heteroatoms. The molecule has 1 atom stereocenters. The Labute approximate surface area is 79.7 Å². The number of halogens is 2. The third-order valence-electron chi connectivity index (χ3n) is 1.81. The number of hydrogen-bond acceptors (Lipinski definition) is 2. The Morgan fingerprint density at radius 3 is 2.50 bits per heavy atom. The van der Waals surface area contributed by atoms with Crippen LogP contribution in [0.4, 0.5) is 8.78 Å². The summed E-state index contributed by atoms with van der Waals surface area (Å²) in [7, 11) is 0. The van der Waals surface area contributed by atoms with Gasteiger partial charge < -0.3 is 11.5 Å². The van der Waals surface area contributed by atoms with Crippen LogP contribution in [0.15, 0.2) is 18.2 Å². The smallest absolute Gasteiger partial charge is 0.234 e. The molecular weight excluding hydrogens is 190 g/mol. The molecule has 3 nitrogen and oxygen atoms in total. The maximum Gasteiger partial charge on any atom is 0.234 e. The van der Waals surface area contributed by atoms with Gasteiger partial charge in [-0.15, -0.1) is 0 Å². The summed E-state index contributed by atoms with van der Waals surface area (Å²) in [6, 6.07) is 2.47. The highest BCUT2D eigenvalue weighted by atomic mass is 19.2. The van der Waals surface area contributed by atoms with E-state index in [0.29, 0.717) is 5.56 Å². The molecule has 1 unspecified atom stereocenters. The van der Waals surface area contributed by atoms with Crippen LogP contribution in [0.2, 0.25) is 0 Å². The van der Waals surface area contributed by atoms with E-state index in [9.17, 15) is 13.6 Å². The van der Waals surface area contributed by atoms with Crippen molar-refractivity contribution in [1.82, 2.24) is 0 Å². The van der Waals surface area contributed by atoms with Gasteiger partial charge in [0.1, 0.15) is 0 Å². The van der Waals surface area contributed by atoms with Crippen molar-refractivity contribution >= 4 is 5.91 Å². The third kappa shape index (κ3) is 2.50. The molecule has 0 aliphatic rings. The van der Waals surface area contributed by atoms with E-state index in [1.807, 2.05) is 0 Å². The molecular formula is C9H10F2N2O. The number of nitrogens with two attached hydrogens (primary N) is 2. The lowest BCUT2D eigenvalue weighted by Gasteiger charge is -2.07. The molecule has 0 aliphatic carbocycles. The van der Waals surface area contributed by atoms with E-state index in [0.717, 1.165) is 12.1 Å². The van der Waals surface area contributed by atoms with Crippen molar-refractivity contribution < 1.29 is 13.6 Å². The molecule has 1 rings (SSSR count). The van der Waals surface area contributed by atoms with Crippen LogP contribution in [-0.4, -0.2) is 11.9 Å². The van der Waals surface area contributed by atoms with Crippen molar-refractivity contribution in [2.75, 3.05) is 0 Å². The van der Waals surface area contributed by atoms with Crippen LogP contribution in [0.1, 0.15) is 5.56 Å². The maximum atomic E-state index is 12.7. The normalized spacial score (nSPS) is 12.5. The molecule has 76 valence electrons. The molecule has 0 saturated heterocycles. The summed E-state index contributed by atoms with van der Waals surface area (Å²) in [4.78, 5) is 10.6. The van der Waals surface area contributed by atoms with E-state index in [1.54, 1.807) is 0 Å². The van der Waals surface area contributed by atoms with Gasteiger partial charge in [0.05, 0.1) is 6.04 Å². The van der Waals surface area contributed by atoms with E-state index in [4.69, 9.17) is 11.5 Å². The summed E-state index contributed by atoms with van der Waals surface area (Å²) in [5, 5.41) is 0. The van der Waals surface area contributed by atoms with Crippen molar-refractivity contribution in [1.29, 1.82) is 0 Å². The molecule has 4 N–H and O–H groups in total. The molecule has 14 heavy (non-hydrogen) atoms. The average Bonchev–Trinajstić information content (AvgIpc) is 2.11. The first kappa shape index (κ1) is 10.6. The van der Waals surface area contributed by atoms with Gasteiger partial charge in [0, 0.05) is 0 Å². The van der Waals surface area contributed by atoms with Crippen molar-refractivity contribution in [3.63, 3.8) is 0 Å². The van der Waals surface area contributed by atoms with E-state index in [-0.39, 0.29) is 6.42 Å². The predicted molar refractivity (Wildman–Crippen MR) is 47.2 cm³/mol. The van der Waals surface area contributed by atoms with E-state index < -0.39 is 23.6 Å². The Morgan fingerprint density at radius 1 is 1.36 bits per heavy atom. The van der Waals surface area contributed by atoms with Crippen molar-refractivity contribution in [2.45, 2.75) is 12.5 Å². The second kappa shape index (κ2) is 4.15. The number of carbonyl (C=O) groups is 1. The highest BCUT2D eigenvalue weighted by molar-refractivity contribution is 5.79. The topological polar surface area (TPSA) is 69.1 Å². The Kier molecular flexibility index (Phi) is 3.14. The first-order valence-corrected chi connectivity index (χ1v) is 3.99. The van der Waals surface area contributed by atoms with Gasteiger partial charge in [0.2, 0.25) is 5.91 Å². The Balaban J connectivity index is 2.78. The third-order valence-corrected chi connectivity index (χ3v) is 1.81. The second-order valence-corrected chi connectivity index (χ2v) is 2.96. The predicted octanol–water partition coefficient (Wildman–Crippen LogP) is 0.320. The lowest BCUT2D eigenvalue weighted by molar-refractivity contribution is -0.119. The van der Waals surface area contributed by atoms with Crippen LogP contribution in [0, 0.1) is 11.6 Å². The summed E-state index contributed by atoms with van der Waals surface area (Å²) >= 11 is 0. The molecule has 1 aromatic carbocycles. The highest BCUT2D eigenvalue weighted by Crippen LogP contribution is 2.09. The SMILES string of the molecule is NC(=O)C(N)Cc1ccc(F)c(F)c1. The van der Waals surface area contributed by atoms with Gasteiger partial charge in [-0.2, -0.15) is 0 Å². The van der Waals surface area contributed by atoms with Crippen molar-refractivity contribution in [3.8, 4) is 0 Å². The Hall–Kier alpha value is -1.49. The lowest BCUT2D eigenvalue weighted by atomic mass is 10.1. The fourth-order valence-corrected chi connectivity index (χ4v) is 1.02. The molecule has 0 saturated carbocycles. The molecule has 0 bridgehead atoms. The number of benzene rings is 1. The Morgan fingerprint density at radius 2 is 2.00 bits per heavy atom. The van der Waals surface area contributed by atoms with Crippen LogP contribution >= 0.6 is 0 Å². The summed E-state index contributed by atoms with van der Waals surface area (Å²) < 4.78 is 25.2. The zero-order chi connectivity index (χ0) is 10.7. The lowest BCUT2D eigenvalue weighted by Crippen LogP contribution is -2.38. The van der Waals surface area contributed by atoms with E-state index in [2.05, 4.69) is 0 Å². The number of amides is 1. The summed E-state index contributed by atoms with van der Waals surface area (Å²) in [6.07, 6.45) is 0.104. The van der Waals surface area contributed by atoms with Crippen LogP contribution in [0.5, 0.6) is 0 Å². The first-order valence-electron chi connectivity index (χ1n) is 3.99. The fourth-order valence-electron chi connectivity index (χ4n) is 1.02. The summed E-state index contributed by atoms with van der Waals surface area (Å²) in [5.41, 5.74) is 10.7. The van der Waals surface area contributed by atoms with Gasteiger partial charge in [0.25, 0.3) is 0 Å². The zero-order valence-corrected chi connectivity index (χ0v) is 7.34. The molecule has 0 aromatic heterocycles. The molecule has 0 fully saturated rings. The Bertz CT molecular complexity index is 355.